The highest BCUT2D eigenvalue weighted by molar-refractivity contribution is 5.85. The topological polar surface area (TPSA) is 93.8 Å². The zero-order chi connectivity index (χ0) is 17.3. The fourth-order valence-corrected chi connectivity index (χ4v) is 2.63. The molecule has 7 heteroatoms. The van der Waals surface area contributed by atoms with Crippen LogP contribution in [0.1, 0.15) is 41.5 Å². The second kappa shape index (κ2) is 6.19. The molecule has 0 aromatic carbocycles. The van der Waals surface area contributed by atoms with Crippen LogP contribution in [-0.4, -0.2) is 35.6 Å². The van der Waals surface area contributed by atoms with Crippen molar-refractivity contribution in [2.24, 2.45) is 0 Å². The molecule has 0 saturated heterocycles. The molecule has 0 unspecified atom stereocenters. The largest absolute Gasteiger partial charge is 0.477 e. The van der Waals surface area contributed by atoms with Gasteiger partial charge in [0.1, 0.15) is 12.0 Å². The monoisotopic (exact) mass is 323 g/mol. The summed E-state index contributed by atoms with van der Waals surface area (Å²) in [5.41, 5.74) is 3.41. The molecule has 0 saturated carbocycles. The van der Waals surface area contributed by atoms with E-state index in [0.717, 1.165) is 22.5 Å². The van der Waals surface area contributed by atoms with E-state index < -0.39 is 5.97 Å². The Hall–Kier alpha value is -3.09. The maximum Gasteiger partial charge on any atom is 0.354 e. The number of aryl methyl sites for hydroxylation is 1. The number of nitrogens with zero attached hydrogens (tertiary/aromatic N) is 5. The highest BCUT2D eigenvalue weighted by Crippen LogP contribution is 2.30. The molecule has 0 aliphatic carbocycles. The van der Waals surface area contributed by atoms with Gasteiger partial charge in [-0.2, -0.15) is 0 Å². The van der Waals surface area contributed by atoms with Gasteiger partial charge in [0.05, 0.1) is 5.69 Å². The van der Waals surface area contributed by atoms with E-state index in [2.05, 4.69) is 33.8 Å². The van der Waals surface area contributed by atoms with Gasteiger partial charge in [0.25, 0.3) is 0 Å². The molecular formula is C17H17N5O2. The molecular weight excluding hydrogens is 306 g/mol. The van der Waals surface area contributed by atoms with Crippen LogP contribution >= 0.6 is 0 Å². The number of hydrogen-bond donors (Lipinski definition) is 1. The van der Waals surface area contributed by atoms with E-state index >= 15 is 0 Å². The lowest BCUT2D eigenvalue weighted by Crippen LogP contribution is -2.08. The number of rotatable bonds is 4. The van der Waals surface area contributed by atoms with E-state index in [1.165, 1.54) is 12.3 Å². The van der Waals surface area contributed by atoms with Crippen molar-refractivity contribution < 1.29 is 9.90 Å². The van der Waals surface area contributed by atoms with Gasteiger partial charge in [-0.1, -0.05) is 13.8 Å². The molecule has 0 aliphatic heterocycles. The average Bonchev–Trinajstić information content (AvgIpc) is 3.08. The molecule has 0 spiro atoms. The number of pyridine rings is 1. The second-order valence-electron chi connectivity index (χ2n) is 5.73. The zero-order valence-corrected chi connectivity index (χ0v) is 13.6. The normalized spacial score (nSPS) is 11.0. The Morgan fingerprint density at radius 3 is 2.58 bits per heavy atom. The highest BCUT2D eigenvalue weighted by Gasteiger charge is 2.17. The Morgan fingerprint density at radius 2 is 2.04 bits per heavy atom. The maximum absolute atomic E-state index is 11.0. The van der Waals surface area contributed by atoms with Crippen molar-refractivity contribution in [1.29, 1.82) is 0 Å². The fraction of sp³-hybridized carbons (Fsp3) is 0.235. The predicted octanol–water partition coefficient (Wildman–Crippen LogP) is 2.85. The Labute approximate surface area is 139 Å². The van der Waals surface area contributed by atoms with Gasteiger partial charge in [-0.05, 0) is 25.0 Å². The lowest BCUT2D eigenvalue weighted by molar-refractivity contribution is 0.0690. The summed E-state index contributed by atoms with van der Waals surface area (Å²) in [6.07, 6.45) is 6.62. The molecule has 3 aromatic rings. The Morgan fingerprint density at radius 1 is 1.25 bits per heavy atom. The fourth-order valence-electron chi connectivity index (χ4n) is 2.63. The third-order valence-corrected chi connectivity index (χ3v) is 3.69. The standard InChI is InChI=1S/C17H17N5O2/c1-10(2)14-11(3)20-17(22-7-6-18-9-22)21-15(14)12-4-5-13(16(23)24)19-8-12/h4-10H,1-3H3,(H,23,24). The van der Waals surface area contributed by atoms with Crippen LogP contribution < -0.4 is 0 Å². The first-order chi connectivity index (χ1) is 11.5. The zero-order valence-electron chi connectivity index (χ0n) is 13.6. The lowest BCUT2D eigenvalue weighted by Gasteiger charge is -2.16. The first kappa shape index (κ1) is 15.8. The van der Waals surface area contributed by atoms with Crippen molar-refractivity contribution in [1.82, 2.24) is 24.5 Å². The minimum Gasteiger partial charge on any atom is -0.477 e. The summed E-state index contributed by atoms with van der Waals surface area (Å²) < 4.78 is 1.74. The first-order valence-corrected chi connectivity index (χ1v) is 7.54. The second-order valence-corrected chi connectivity index (χ2v) is 5.73. The molecule has 0 bridgehead atoms. The van der Waals surface area contributed by atoms with Crippen molar-refractivity contribution in [2.75, 3.05) is 0 Å². The summed E-state index contributed by atoms with van der Waals surface area (Å²) in [6, 6.07) is 3.21. The molecule has 0 fully saturated rings. The van der Waals surface area contributed by atoms with E-state index in [-0.39, 0.29) is 11.6 Å². The number of imidazole rings is 1. The number of carbonyl (C=O) groups is 1. The molecule has 0 aliphatic rings. The third-order valence-electron chi connectivity index (χ3n) is 3.69. The van der Waals surface area contributed by atoms with Crippen LogP contribution in [0.5, 0.6) is 0 Å². The summed E-state index contributed by atoms with van der Waals surface area (Å²) in [4.78, 5) is 28.2. The van der Waals surface area contributed by atoms with Gasteiger partial charge in [-0.3, -0.25) is 4.57 Å². The van der Waals surface area contributed by atoms with E-state index in [0.29, 0.717) is 5.95 Å². The summed E-state index contributed by atoms with van der Waals surface area (Å²) in [7, 11) is 0. The van der Waals surface area contributed by atoms with Gasteiger partial charge < -0.3 is 5.11 Å². The molecule has 24 heavy (non-hydrogen) atoms. The number of aromatic carboxylic acids is 1. The van der Waals surface area contributed by atoms with Crippen LogP contribution in [-0.2, 0) is 0 Å². The Bertz CT molecular complexity index is 871. The molecule has 0 radical (unpaired) electrons. The summed E-state index contributed by atoms with van der Waals surface area (Å²) >= 11 is 0. The van der Waals surface area contributed by atoms with Crippen LogP contribution in [0.2, 0.25) is 0 Å². The third kappa shape index (κ3) is 2.88. The van der Waals surface area contributed by atoms with Gasteiger partial charge in [-0.15, -0.1) is 0 Å². The Kier molecular flexibility index (Phi) is 4.07. The average molecular weight is 323 g/mol. The van der Waals surface area contributed by atoms with Gasteiger partial charge in [0.2, 0.25) is 5.95 Å². The molecule has 3 rings (SSSR count). The summed E-state index contributed by atoms with van der Waals surface area (Å²) in [5, 5.41) is 9.00. The van der Waals surface area contributed by atoms with Crippen LogP contribution in [0.25, 0.3) is 17.2 Å². The van der Waals surface area contributed by atoms with Crippen LogP contribution in [0.4, 0.5) is 0 Å². The Balaban J connectivity index is 2.18. The predicted molar refractivity (Wildman–Crippen MR) is 88.2 cm³/mol. The summed E-state index contributed by atoms with van der Waals surface area (Å²) in [5.74, 6) is -0.314. The van der Waals surface area contributed by atoms with Gasteiger partial charge in [0.15, 0.2) is 0 Å². The highest BCUT2D eigenvalue weighted by atomic mass is 16.4. The molecule has 0 amide bonds. The summed E-state index contributed by atoms with van der Waals surface area (Å²) in [6.45, 7) is 6.09. The number of carboxylic acid groups (broad SMARTS) is 1. The molecule has 122 valence electrons. The van der Waals surface area contributed by atoms with E-state index in [1.54, 1.807) is 29.4 Å². The van der Waals surface area contributed by atoms with Crippen LogP contribution in [0.15, 0.2) is 37.1 Å². The number of hydrogen-bond acceptors (Lipinski definition) is 5. The van der Waals surface area contributed by atoms with Crippen molar-refractivity contribution in [2.45, 2.75) is 26.7 Å². The maximum atomic E-state index is 11.0. The van der Waals surface area contributed by atoms with Crippen molar-refractivity contribution in [3.63, 3.8) is 0 Å². The SMILES string of the molecule is Cc1nc(-n2ccnc2)nc(-c2ccc(C(=O)O)nc2)c1C(C)C. The van der Waals surface area contributed by atoms with Crippen molar-refractivity contribution >= 4 is 5.97 Å². The minimum absolute atomic E-state index is 0.00505. The number of carboxylic acids is 1. The van der Waals surface area contributed by atoms with Crippen molar-refractivity contribution in [3.8, 4) is 17.2 Å². The van der Waals surface area contributed by atoms with Gasteiger partial charge in [-0.25, -0.2) is 24.7 Å². The van der Waals surface area contributed by atoms with Crippen LogP contribution in [0, 0.1) is 6.92 Å². The molecule has 3 heterocycles. The van der Waals surface area contributed by atoms with Gasteiger partial charge in [0, 0.05) is 35.4 Å². The minimum atomic E-state index is -1.05. The molecule has 7 nitrogen and oxygen atoms in total. The lowest BCUT2D eigenvalue weighted by atomic mass is 9.96. The van der Waals surface area contributed by atoms with E-state index in [1.807, 2.05) is 6.92 Å². The molecule has 1 N–H and O–H groups in total. The van der Waals surface area contributed by atoms with E-state index in [4.69, 9.17) is 5.11 Å². The number of aromatic nitrogens is 5. The smallest absolute Gasteiger partial charge is 0.354 e. The van der Waals surface area contributed by atoms with Crippen molar-refractivity contribution in [3.05, 3.63) is 54.0 Å². The molecule has 0 atom stereocenters. The first-order valence-electron chi connectivity index (χ1n) is 7.54. The molecule has 3 aromatic heterocycles. The van der Waals surface area contributed by atoms with Crippen LogP contribution in [0.3, 0.4) is 0 Å². The van der Waals surface area contributed by atoms with Gasteiger partial charge >= 0.3 is 5.97 Å². The van der Waals surface area contributed by atoms with E-state index in [9.17, 15) is 4.79 Å². The quantitative estimate of drug-likeness (QED) is 0.793.